The molecule has 0 radical (unpaired) electrons. The first-order valence-electron chi connectivity index (χ1n) is 8.82. The Hall–Kier alpha value is -2.93. The zero-order valence-corrected chi connectivity index (χ0v) is 14.7. The largest absolute Gasteiger partial charge is 0.252 e. The smallest absolute Gasteiger partial charge is 0.0790 e. The van der Waals surface area contributed by atoms with E-state index in [4.69, 9.17) is 4.98 Å². The van der Waals surface area contributed by atoms with Crippen LogP contribution >= 0.6 is 0 Å². The standard InChI is InChI=1S/C24H21N/c1-3-22-20-11-7-8-12-21(20)23(18-9-5-4-6-10-18)24(25-22)19-15-13-17(2)14-16-19/h4-16H,3H2,1-2H3. The quantitative estimate of drug-likeness (QED) is 0.423. The van der Waals surface area contributed by atoms with Crippen LogP contribution in [0.1, 0.15) is 18.2 Å². The summed E-state index contributed by atoms with van der Waals surface area (Å²) in [4.78, 5) is 5.10. The number of aryl methyl sites for hydroxylation is 2. The van der Waals surface area contributed by atoms with E-state index in [0.29, 0.717) is 0 Å². The van der Waals surface area contributed by atoms with Gasteiger partial charge in [-0.2, -0.15) is 0 Å². The maximum atomic E-state index is 5.10. The Labute approximate surface area is 149 Å². The average Bonchev–Trinajstić information content (AvgIpc) is 2.68. The molecule has 0 fully saturated rings. The second-order valence-corrected chi connectivity index (χ2v) is 6.41. The molecule has 25 heavy (non-hydrogen) atoms. The van der Waals surface area contributed by atoms with Crippen molar-refractivity contribution in [3.05, 3.63) is 90.1 Å². The molecule has 0 bridgehead atoms. The Morgan fingerprint density at radius 3 is 2.00 bits per heavy atom. The van der Waals surface area contributed by atoms with Crippen LogP contribution in [-0.2, 0) is 6.42 Å². The average molecular weight is 323 g/mol. The number of nitrogens with zero attached hydrogens (tertiary/aromatic N) is 1. The number of pyridine rings is 1. The summed E-state index contributed by atoms with van der Waals surface area (Å²) in [5.74, 6) is 0. The highest BCUT2D eigenvalue weighted by molar-refractivity contribution is 6.03. The minimum absolute atomic E-state index is 0.925. The minimum atomic E-state index is 0.925. The van der Waals surface area contributed by atoms with E-state index in [1.54, 1.807) is 0 Å². The van der Waals surface area contributed by atoms with Crippen LogP contribution in [0.4, 0.5) is 0 Å². The number of aromatic nitrogens is 1. The van der Waals surface area contributed by atoms with Crippen LogP contribution in [0.2, 0.25) is 0 Å². The fourth-order valence-electron chi connectivity index (χ4n) is 3.42. The molecule has 1 heteroatoms. The fraction of sp³-hybridized carbons (Fsp3) is 0.125. The van der Waals surface area contributed by atoms with E-state index < -0.39 is 0 Å². The van der Waals surface area contributed by atoms with Crippen molar-refractivity contribution < 1.29 is 0 Å². The molecular weight excluding hydrogens is 302 g/mol. The molecule has 3 aromatic carbocycles. The highest BCUT2D eigenvalue weighted by Gasteiger charge is 2.15. The number of benzene rings is 3. The van der Waals surface area contributed by atoms with Crippen LogP contribution in [0.5, 0.6) is 0 Å². The van der Waals surface area contributed by atoms with Crippen LogP contribution in [0.3, 0.4) is 0 Å². The van der Waals surface area contributed by atoms with Crippen molar-refractivity contribution in [1.82, 2.24) is 4.98 Å². The molecule has 0 saturated carbocycles. The van der Waals surface area contributed by atoms with Gasteiger partial charge in [-0.25, -0.2) is 0 Å². The number of hydrogen-bond acceptors (Lipinski definition) is 1. The Bertz CT molecular complexity index is 1020. The number of fused-ring (bicyclic) bond motifs is 1. The van der Waals surface area contributed by atoms with Crippen LogP contribution in [0, 0.1) is 6.92 Å². The van der Waals surface area contributed by atoms with Crippen molar-refractivity contribution in [3.8, 4) is 22.4 Å². The van der Waals surface area contributed by atoms with Gasteiger partial charge in [0.2, 0.25) is 0 Å². The van der Waals surface area contributed by atoms with Gasteiger partial charge in [-0.1, -0.05) is 91.3 Å². The van der Waals surface area contributed by atoms with Gasteiger partial charge < -0.3 is 0 Å². The van der Waals surface area contributed by atoms with E-state index in [9.17, 15) is 0 Å². The SMILES string of the molecule is CCc1nc(-c2ccc(C)cc2)c(-c2ccccc2)c2ccccc12. The monoisotopic (exact) mass is 323 g/mol. The van der Waals surface area contributed by atoms with Gasteiger partial charge in [0.05, 0.1) is 5.69 Å². The van der Waals surface area contributed by atoms with E-state index in [1.165, 1.54) is 33.0 Å². The predicted octanol–water partition coefficient (Wildman–Crippen LogP) is 6.44. The van der Waals surface area contributed by atoms with E-state index in [-0.39, 0.29) is 0 Å². The summed E-state index contributed by atoms with van der Waals surface area (Å²) in [5, 5.41) is 2.52. The Kier molecular flexibility index (Phi) is 4.07. The zero-order valence-electron chi connectivity index (χ0n) is 14.7. The van der Waals surface area contributed by atoms with Crippen LogP contribution < -0.4 is 0 Å². The van der Waals surface area contributed by atoms with Crippen molar-refractivity contribution >= 4 is 10.8 Å². The van der Waals surface area contributed by atoms with Crippen LogP contribution in [-0.4, -0.2) is 4.98 Å². The summed E-state index contributed by atoms with van der Waals surface area (Å²) < 4.78 is 0. The van der Waals surface area contributed by atoms with E-state index in [2.05, 4.69) is 92.7 Å². The van der Waals surface area contributed by atoms with E-state index >= 15 is 0 Å². The summed E-state index contributed by atoms with van der Waals surface area (Å²) in [5.41, 5.74) is 7.10. The Morgan fingerprint density at radius 2 is 1.32 bits per heavy atom. The van der Waals surface area contributed by atoms with E-state index in [1.807, 2.05) is 0 Å². The molecule has 0 unspecified atom stereocenters. The summed E-state index contributed by atoms with van der Waals surface area (Å²) in [7, 11) is 0. The topological polar surface area (TPSA) is 12.9 Å². The molecule has 0 aliphatic rings. The lowest BCUT2D eigenvalue weighted by molar-refractivity contribution is 1.06. The molecule has 4 rings (SSSR count). The molecule has 0 N–H and O–H groups in total. The molecule has 0 spiro atoms. The van der Waals surface area contributed by atoms with Crippen LogP contribution in [0.15, 0.2) is 78.9 Å². The summed E-state index contributed by atoms with van der Waals surface area (Å²) in [6.45, 7) is 4.29. The molecular formula is C24H21N. The van der Waals surface area contributed by atoms with E-state index in [0.717, 1.165) is 17.8 Å². The molecule has 1 aromatic heterocycles. The van der Waals surface area contributed by atoms with Crippen molar-refractivity contribution in [2.45, 2.75) is 20.3 Å². The first-order valence-corrected chi connectivity index (χ1v) is 8.82. The lowest BCUT2D eigenvalue weighted by atomic mass is 9.92. The first kappa shape index (κ1) is 15.6. The lowest BCUT2D eigenvalue weighted by Gasteiger charge is -2.16. The highest BCUT2D eigenvalue weighted by atomic mass is 14.7. The van der Waals surface area contributed by atoms with Gasteiger partial charge in [-0.3, -0.25) is 4.98 Å². The second kappa shape index (κ2) is 6.52. The van der Waals surface area contributed by atoms with Crippen molar-refractivity contribution in [3.63, 3.8) is 0 Å². The Balaban J connectivity index is 2.11. The normalized spacial score (nSPS) is 11.0. The fourth-order valence-corrected chi connectivity index (χ4v) is 3.42. The third-order valence-electron chi connectivity index (χ3n) is 4.71. The molecule has 0 atom stereocenters. The third kappa shape index (κ3) is 2.83. The molecule has 0 saturated heterocycles. The molecule has 0 amide bonds. The molecule has 0 aliphatic heterocycles. The molecule has 4 aromatic rings. The van der Waals surface area contributed by atoms with Gasteiger partial charge in [0.15, 0.2) is 0 Å². The summed E-state index contributed by atoms with van der Waals surface area (Å²) in [6.07, 6.45) is 0.925. The van der Waals surface area contributed by atoms with Crippen molar-refractivity contribution in [2.75, 3.05) is 0 Å². The minimum Gasteiger partial charge on any atom is -0.252 e. The number of hydrogen-bond donors (Lipinski definition) is 0. The summed E-state index contributed by atoms with van der Waals surface area (Å²) in [6, 6.07) is 27.9. The van der Waals surface area contributed by atoms with Gasteiger partial charge >= 0.3 is 0 Å². The molecule has 1 heterocycles. The zero-order chi connectivity index (χ0) is 17.2. The Morgan fingerprint density at radius 1 is 0.680 bits per heavy atom. The maximum absolute atomic E-state index is 5.10. The predicted molar refractivity (Wildman–Crippen MR) is 107 cm³/mol. The highest BCUT2D eigenvalue weighted by Crippen LogP contribution is 2.38. The van der Waals surface area contributed by atoms with Gasteiger partial charge in [0, 0.05) is 22.2 Å². The second-order valence-electron chi connectivity index (χ2n) is 6.41. The lowest BCUT2D eigenvalue weighted by Crippen LogP contribution is -1.97. The summed E-state index contributed by atoms with van der Waals surface area (Å²) >= 11 is 0. The molecule has 0 aliphatic carbocycles. The van der Waals surface area contributed by atoms with Gasteiger partial charge in [0.1, 0.15) is 0 Å². The molecule has 1 nitrogen and oxygen atoms in total. The van der Waals surface area contributed by atoms with Gasteiger partial charge in [0.25, 0.3) is 0 Å². The van der Waals surface area contributed by atoms with Crippen LogP contribution in [0.25, 0.3) is 33.2 Å². The van der Waals surface area contributed by atoms with Crippen molar-refractivity contribution in [2.24, 2.45) is 0 Å². The van der Waals surface area contributed by atoms with Gasteiger partial charge in [-0.05, 0) is 24.3 Å². The van der Waals surface area contributed by atoms with Crippen molar-refractivity contribution in [1.29, 1.82) is 0 Å². The number of rotatable bonds is 3. The first-order chi connectivity index (χ1) is 12.3. The third-order valence-corrected chi connectivity index (χ3v) is 4.71. The molecule has 122 valence electrons. The maximum Gasteiger partial charge on any atom is 0.0790 e. The van der Waals surface area contributed by atoms with Gasteiger partial charge in [-0.15, -0.1) is 0 Å².